The number of aliphatic hydroxyl groups is 1. The first-order valence-electron chi connectivity index (χ1n) is 5.75. The maximum absolute atomic E-state index is 11.7. The molecule has 16 heavy (non-hydrogen) atoms. The van der Waals surface area contributed by atoms with Crippen LogP contribution in [0.3, 0.4) is 0 Å². The van der Waals surface area contributed by atoms with Crippen LogP contribution in [0, 0.1) is 0 Å². The first kappa shape index (κ1) is 13.0. The lowest BCUT2D eigenvalue weighted by Crippen LogP contribution is -2.38. The number of hydrogen-bond donors (Lipinski definition) is 1. The SMILES string of the molecule is CCOC(=O)CN(C(=O)CCCO)C1CC1. The highest BCUT2D eigenvalue weighted by Gasteiger charge is 2.33. The van der Waals surface area contributed by atoms with Crippen LogP contribution in [0.4, 0.5) is 0 Å². The minimum atomic E-state index is -0.355. The van der Waals surface area contributed by atoms with Gasteiger partial charge in [-0.15, -0.1) is 0 Å². The Hall–Kier alpha value is -1.10. The molecule has 5 nitrogen and oxygen atoms in total. The van der Waals surface area contributed by atoms with Crippen LogP contribution >= 0.6 is 0 Å². The molecular formula is C11H19NO4. The predicted molar refractivity (Wildman–Crippen MR) is 57.7 cm³/mol. The van der Waals surface area contributed by atoms with Gasteiger partial charge >= 0.3 is 5.97 Å². The molecule has 92 valence electrons. The van der Waals surface area contributed by atoms with Crippen molar-refractivity contribution in [3.8, 4) is 0 Å². The van der Waals surface area contributed by atoms with Gasteiger partial charge in [-0.25, -0.2) is 0 Å². The summed E-state index contributed by atoms with van der Waals surface area (Å²) in [6.45, 7) is 2.13. The number of aliphatic hydroxyl groups excluding tert-OH is 1. The highest BCUT2D eigenvalue weighted by molar-refractivity contribution is 5.82. The van der Waals surface area contributed by atoms with E-state index in [1.807, 2.05) is 0 Å². The van der Waals surface area contributed by atoms with Crippen molar-refractivity contribution in [1.29, 1.82) is 0 Å². The van der Waals surface area contributed by atoms with E-state index in [0.29, 0.717) is 19.4 Å². The van der Waals surface area contributed by atoms with Crippen LogP contribution in [-0.2, 0) is 14.3 Å². The van der Waals surface area contributed by atoms with E-state index in [9.17, 15) is 9.59 Å². The third kappa shape index (κ3) is 4.18. The number of carbonyl (C=O) groups is 2. The summed E-state index contributed by atoms with van der Waals surface area (Å²) in [6, 6.07) is 0.204. The smallest absolute Gasteiger partial charge is 0.325 e. The summed E-state index contributed by atoms with van der Waals surface area (Å²) in [5, 5.41) is 8.65. The van der Waals surface area contributed by atoms with Gasteiger partial charge in [0, 0.05) is 19.1 Å². The molecule has 0 atom stereocenters. The summed E-state index contributed by atoms with van der Waals surface area (Å²) >= 11 is 0. The Labute approximate surface area is 95.4 Å². The maximum Gasteiger partial charge on any atom is 0.325 e. The molecule has 0 aromatic carbocycles. The molecule has 5 heteroatoms. The molecule has 0 aromatic heterocycles. The van der Waals surface area contributed by atoms with Gasteiger partial charge in [0.1, 0.15) is 6.54 Å². The quantitative estimate of drug-likeness (QED) is 0.638. The Morgan fingerprint density at radius 3 is 2.62 bits per heavy atom. The van der Waals surface area contributed by atoms with Gasteiger partial charge in [-0.1, -0.05) is 0 Å². The fourth-order valence-electron chi connectivity index (χ4n) is 1.53. The van der Waals surface area contributed by atoms with Crippen molar-refractivity contribution in [3.05, 3.63) is 0 Å². The first-order chi connectivity index (χ1) is 7.69. The molecule has 0 bridgehead atoms. The van der Waals surface area contributed by atoms with Crippen molar-refractivity contribution < 1.29 is 19.4 Å². The predicted octanol–water partition coefficient (Wildman–Crippen LogP) is 0.313. The minimum absolute atomic E-state index is 0.00362. The molecule has 1 rings (SSSR count). The Bertz CT molecular complexity index is 250. The highest BCUT2D eigenvalue weighted by atomic mass is 16.5. The monoisotopic (exact) mass is 229 g/mol. The number of rotatable bonds is 7. The standard InChI is InChI=1S/C11H19NO4/c1-2-16-11(15)8-12(9-5-6-9)10(14)4-3-7-13/h9,13H,2-8H2,1H3. The largest absolute Gasteiger partial charge is 0.465 e. The lowest BCUT2D eigenvalue weighted by molar-refractivity contribution is -0.149. The number of hydrogen-bond acceptors (Lipinski definition) is 4. The Morgan fingerprint density at radius 2 is 2.12 bits per heavy atom. The van der Waals surface area contributed by atoms with E-state index in [-0.39, 0.29) is 31.1 Å². The lowest BCUT2D eigenvalue weighted by atomic mass is 10.3. The number of carbonyl (C=O) groups excluding carboxylic acids is 2. The van der Waals surface area contributed by atoms with Gasteiger partial charge in [0.15, 0.2) is 0 Å². The van der Waals surface area contributed by atoms with Gasteiger partial charge in [0.05, 0.1) is 6.61 Å². The third-order valence-corrected chi connectivity index (χ3v) is 2.46. The van der Waals surface area contributed by atoms with E-state index < -0.39 is 0 Å². The molecule has 0 spiro atoms. The van der Waals surface area contributed by atoms with Gasteiger partial charge in [0.25, 0.3) is 0 Å². The molecule has 0 aromatic rings. The Balaban J connectivity index is 2.40. The summed E-state index contributed by atoms with van der Waals surface area (Å²) in [5.41, 5.74) is 0. The number of esters is 1. The topological polar surface area (TPSA) is 66.8 Å². The van der Waals surface area contributed by atoms with Gasteiger partial charge in [-0.3, -0.25) is 9.59 Å². The van der Waals surface area contributed by atoms with Crippen molar-refractivity contribution in [3.63, 3.8) is 0 Å². The molecule has 0 aliphatic heterocycles. The summed E-state index contributed by atoms with van der Waals surface area (Å²) in [4.78, 5) is 24.6. The molecule has 1 N–H and O–H groups in total. The zero-order valence-corrected chi connectivity index (χ0v) is 9.65. The van der Waals surface area contributed by atoms with Crippen molar-refractivity contribution >= 4 is 11.9 Å². The number of amides is 1. The lowest BCUT2D eigenvalue weighted by Gasteiger charge is -2.21. The van der Waals surface area contributed by atoms with E-state index >= 15 is 0 Å². The fraction of sp³-hybridized carbons (Fsp3) is 0.818. The molecule has 0 unspecified atom stereocenters. The third-order valence-electron chi connectivity index (χ3n) is 2.46. The first-order valence-corrected chi connectivity index (χ1v) is 5.75. The second-order valence-corrected chi connectivity index (χ2v) is 3.88. The van der Waals surface area contributed by atoms with Crippen LogP contribution in [0.5, 0.6) is 0 Å². The molecular weight excluding hydrogens is 210 g/mol. The van der Waals surface area contributed by atoms with Crippen LogP contribution in [-0.4, -0.2) is 47.7 Å². The van der Waals surface area contributed by atoms with E-state index in [4.69, 9.17) is 9.84 Å². The van der Waals surface area contributed by atoms with E-state index in [0.717, 1.165) is 12.8 Å². The summed E-state index contributed by atoms with van der Waals surface area (Å²) < 4.78 is 4.82. The molecule has 1 aliphatic carbocycles. The average molecular weight is 229 g/mol. The Kier molecular flexibility index (Phi) is 5.25. The van der Waals surface area contributed by atoms with E-state index in [1.165, 1.54) is 0 Å². The van der Waals surface area contributed by atoms with E-state index in [2.05, 4.69) is 0 Å². The maximum atomic E-state index is 11.7. The molecule has 1 amide bonds. The zero-order valence-electron chi connectivity index (χ0n) is 9.65. The van der Waals surface area contributed by atoms with Crippen LogP contribution in [0.15, 0.2) is 0 Å². The summed E-state index contributed by atoms with van der Waals surface area (Å²) in [6.07, 6.45) is 2.67. The molecule has 1 fully saturated rings. The van der Waals surface area contributed by atoms with Crippen LogP contribution < -0.4 is 0 Å². The zero-order chi connectivity index (χ0) is 12.0. The average Bonchev–Trinajstić information content (AvgIpc) is 3.06. The summed E-state index contributed by atoms with van der Waals surface area (Å²) in [5.74, 6) is -0.420. The van der Waals surface area contributed by atoms with Gasteiger partial charge < -0.3 is 14.7 Å². The molecule has 1 saturated carbocycles. The van der Waals surface area contributed by atoms with E-state index in [1.54, 1.807) is 11.8 Å². The Morgan fingerprint density at radius 1 is 1.44 bits per heavy atom. The second kappa shape index (κ2) is 6.48. The molecule has 0 saturated heterocycles. The van der Waals surface area contributed by atoms with Crippen LogP contribution in [0.2, 0.25) is 0 Å². The molecule has 0 heterocycles. The summed E-state index contributed by atoms with van der Waals surface area (Å²) in [7, 11) is 0. The fourth-order valence-corrected chi connectivity index (χ4v) is 1.53. The van der Waals surface area contributed by atoms with Crippen molar-refractivity contribution in [2.24, 2.45) is 0 Å². The highest BCUT2D eigenvalue weighted by Crippen LogP contribution is 2.27. The number of nitrogens with zero attached hydrogens (tertiary/aromatic N) is 1. The van der Waals surface area contributed by atoms with Gasteiger partial charge in [0.2, 0.25) is 5.91 Å². The number of ether oxygens (including phenoxy) is 1. The molecule has 0 radical (unpaired) electrons. The van der Waals surface area contributed by atoms with Gasteiger partial charge in [-0.2, -0.15) is 0 Å². The van der Waals surface area contributed by atoms with Crippen LogP contribution in [0.25, 0.3) is 0 Å². The van der Waals surface area contributed by atoms with Gasteiger partial charge in [-0.05, 0) is 26.2 Å². The van der Waals surface area contributed by atoms with Crippen molar-refractivity contribution in [2.75, 3.05) is 19.8 Å². The normalized spacial score (nSPS) is 14.6. The minimum Gasteiger partial charge on any atom is -0.465 e. The second-order valence-electron chi connectivity index (χ2n) is 3.88. The van der Waals surface area contributed by atoms with Crippen molar-refractivity contribution in [1.82, 2.24) is 4.90 Å². The van der Waals surface area contributed by atoms with Crippen LogP contribution in [0.1, 0.15) is 32.6 Å². The molecule has 1 aliphatic rings. The van der Waals surface area contributed by atoms with Crippen molar-refractivity contribution in [2.45, 2.75) is 38.6 Å².